The van der Waals surface area contributed by atoms with E-state index in [0.29, 0.717) is 23.0 Å². The van der Waals surface area contributed by atoms with E-state index in [2.05, 4.69) is 15.8 Å². The van der Waals surface area contributed by atoms with Crippen LogP contribution in [0.3, 0.4) is 0 Å². The van der Waals surface area contributed by atoms with E-state index in [1.165, 1.54) is 7.11 Å². The van der Waals surface area contributed by atoms with Crippen molar-refractivity contribution >= 4 is 41.1 Å². The summed E-state index contributed by atoms with van der Waals surface area (Å²) in [6, 6.07) is 8.38. The van der Waals surface area contributed by atoms with Gasteiger partial charge in [0.1, 0.15) is 11.5 Å². The first kappa shape index (κ1) is 20.3. The highest BCUT2D eigenvalue weighted by molar-refractivity contribution is 8.00. The van der Waals surface area contributed by atoms with Crippen LogP contribution in [0.2, 0.25) is 0 Å². The monoisotopic (exact) mass is 393 g/mol. The van der Waals surface area contributed by atoms with Gasteiger partial charge in [0, 0.05) is 17.8 Å². The van der Waals surface area contributed by atoms with Crippen LogP contribution in [0.4, 0.5) is 11.5 Å². The third-order valence-electron chi connectivity index (χ3n) is 3.07. The van der Waals surface area contributed by atoms with Gasteiger partial charge in [-0.05, 0) is 19.1 Å². The number of benzene rings is 1. The second-order valence-electron chi connectivity index (χ2n) is 5.30. The molecule has 10 heteroatoms. The van der Waals surface area contributed by atoms with E-state index in [4.69, 9.17) is 14.0 Å². The first-order valence-electron chi connectivity index (χ1n) is 7.86. The molecule has 1 heterocycles. The van der Waals surface area contributed by atoms with Crippen LogP contribution < -0.4 is 15.4 Å². The van der Waals surface area contributed by atoms with Gasteiger partial charge in [0.25, 0.3) is 5.91 Å². The fourth-order valence-corrected chi connectivity index (χ4v) is 2.53. The van der Waals surface area contributed by atoms with E-state index < -0.39 is 18.5 Å². The number of nitrogens with zero attached hydrogens (tertiary/aromatic N) is 1. The molecule has 2 N–H and O–H groups in total. The number of methoxy groups -OCH3 is 1. The molecule has 1 aromatic heterocycles. The average molecular weight is 393 g/mol. The summed E-state index contributed by atoms with van der Waals surface area (Å²) in [6.45, 7) is 1.29. The molecule has 0 bridgehead atoms. The van der Waals surface area contributed by atoms with E-state index in [0.717, 1.165) is 11.8 Å². The third kappa shape index (κ3) is 7.40. The highest BCUT2D eigenvalue weighted by Crippen LogP contribution is 2.16. The van der Waals surface area contributed by atoms with E-state index in [1.807, 2.05) is 0 Å². The molecule has 2 aromatic rings. The maximum absolute atomic E-state index is 11.8. The van der Waals surface area contributed by atoms with Gasteiger partial charge in [0.15, 0.2) is 12.4 Å². The number of nitrogens with one attached hydrogen (secondary N) is 2. The third-order valence-corrected chi connectivity index (χ3v) is 3.97. The molecule has 27 heavy (non-hydrogen) atoms. The highest BCUT2D eigenvalue weighted by atomic mass is 32.2. The van der Waals surface area contributed by atoms with Crippen LogP contribution in [0, 0.1) is 6.92 Å². The van der Waals surface area contributed by atoms with Crippen molar-refractivity contribution in [2.75, 3.05) is 35.9 Å². The van der Waals surface area contributed by atoms with Crippen LogP contribution in [0.5, 0.6) is 5.75 Å². The van der Waals surface area contributed by atoms with Crippen molar-refractivity contribution in [2.45, 2.75) is 6.92 Å². The molecule has 144 valence electrons. The van der Waals surface area contributed by atoms with E-state index in [9.17, 15) is 14.4 Å². The number of esters is 1. The first-order chi connectivity index (χ1) is 13.0. The van der Waals surface area contributed by atoms with Crippen LogP contribution >= 0.6 is 11.8 Å². The van der Waals surface area contributed by atoms with Crippen molar-refractivity contribution in [3.05, 3.63) is 36.1 Å². The largest absolute Gasteiger partial charge is 0.497 e. The number of amides is 2. The molecule has 9 nitrogen and oxygen atoms in total. The van der Waals surface area contributed by atoms with E-state index in [1.54, 1.807) is 37.3 Å². The van der Waals surface area contributed by atoms with Crippen LogP contribution in [0.25, 0.3) is 0 Å². The summed E-state index contributed by atoms with van der Waals surface area (Å²) < 4.78 is 14.8. The second-order valence-corrected chi connectivity index (χ2v) is 6.29. The van der Waals surface area contributed by atoms with E-state index >= 15 is 0 Å². The molecule has 0 saturated heterocycles. The minimum Gasteiger partial charge on any atom is -0.497 e. The summed E-state index contributed by atoms with van der Waals surface area (Å²) in [7, 11) is 1.52. The number of thioether (sulfide) groups is 1. The number of ether oxygens (including phenoxy) is 2. The lowest BCUT2D eigenvalue weighted by Crippen LogP contribution is -2.22. The van der Waals surface area contributed by atoms with Crippen LogP contribution in [0.1, 0.15) is 5.76 Å². The van der Waals surface area contributed by atoms with Gasteiger partial charge in [-0.2, -0.15) is 0 Å². The Kier molecular flexibility index (Phi) is 7.68. The molecule has 0 spiro atoms. The zero-order valence-electron chi connectivity index (χ0n) is 14.8. The van der Waals surface area contributed by atoms with Gasteiger partial charge >= 0.3 is 5.97 Å². The first-order valence-corrected chi connectivity index (χ1v) is 9.02. The van der Waals surface area contributed by atoms with Crippen molar-refractivity contribution in [3.8, 4) is 5.75 Å². The molecule has 0 fully saturated rings. The summed E-state index contributed by atoms with van der Waals surface area (Å²) in [6.07, 6.45) is 0. The van der Waals surface area contributed by atoms with Crippen molar-refractivity contribution in [1.29, 1.82) is 0 Å². The van der Waals surface area contributed by atoms with Gasteiger partial charge in [-0.1, -0.05) is 11.2 Å². The van der Waals surface area contributed by atoms with Crippen molar-refractivity contribution in [3.63, 3.8) is 0 Å². The van der Waals surface area contributed by atoms with Gasteiger partial charge < -0.3 is 24.6 Å². The summed E-state index contributed by atoms with van der Waals surface area (Å²) in [5.41, 5.74) is 0.532. The lowest BCUT2D eigenvalue weighted by atomic mass is 10.3. The number of carbonyl (C=O) groups excluding carboxylic acids is 3. The lowest BCUT2D eigenvalue weighted by Gasteiger charge is -2.08. The summed E-state index contributed by atoms with van der Waals surface area (Å²) >= 11 is 1.06. The SMILES string of the molecule is COc1cccc(NC(=O)COC(=O)CSCC(=O)Nc2cc(C)on2)c1. The van der Waals surface area contributed by atoms with Gasteiger partial charge in [-0.25, -0.2) is 0 Å². The Bertz CT molecular complexity index is 807. The number of anilines is 2. The fraction of sp³-hybridized carbons (Fsp3) is 0.294. The molecule has 2 rings (SSSR count). The van der Waals surface area contributed by atoms with Crippen molar-refractivity contribution < 1.29 is 28.4 Å². The molecule has 0 radical (unpaired) electrons. The van der Waals surface area contributed by atoms with Gasteiger partial charge in [-0.3, -0.25) is 14.4 Å². The fourth-order valence-electron chi connectivity index (χ4n) is 1.92. The molecule has 0 saturated carbocycles. The summed E-state index contributed by atoms with van der Waals surface area (Å²) in [4.78, 5) is 35.1. The normalized spacial score (nSPS) is 10.1. The van der Waals surface area contributed by atoms with Crippen LogP contribution in [-0.4, -0.2) is 48.2 Å². The number of carbonyl (C=O) groups is 3. The van der Waals surface area contributed by atoms with Crippen LogP contribution in [0.15, 0.2) is 34.9 Å². The van der Waals surface area contributed by atoms with Gasteiger partial charge in [0.2, 0.25) is 5.91 Å². The zero-order valence-corrected chi connectivity index (χ0v) is 15.6. The molecule has 0 aliphatic heterocycles. The molecule has 2 amide bonds. The van der Waals surface area contributed by atoms with Gasteiger partial charge in [-0.15, -0.1) is 11.8 Å². The summed E-state index contributed by atoms with van der Waals surface area (Å²) in [5, 5.41) is 8.76. The molecule has 0 unspecified atom stereocenters. The topological polar surface area (TPSA) is 120 Å². The van der Waals surface area contributed by atoms with Crippen LogP contribution in [-0.2, 0) is 19.1 Å². The van der Waals surface area contributed by atoms with Gasteiger partial charge in [0.05, 0.1) is 18.6 Å². The smallest absolute Gasteiger partial charge is 0.316 e. The Morgan fingerprint density at radius 2 is 1.96 bits per heavy atom. The Hall–Kier alpha value is -3.01. The molecular formula is C17H19N3O6S. The number of aromatic nitrogens is 1. The Morgan fingerprint density at radius 3 is 2.67 bits per heavy atom. The number of hydrogen-bond acceptors (Lipinski definition) is 8. The van der Waals surface area contributed by atoms with E-state index in [-0.39, 0.29) is 17.4 Å². The quantitative estimate of drug-likeness (QED) is 0.620. The second kappa shape index (κ2) is 10.2. The average Bonchev–Trinajstić information content (AvgIpc) is 3.04. The standard InChI is InChI=1S/C17H19N3O6S/c1-11-6-14(20-26-11)19-16(22)9-27-10-17(23)25-8-15(21)18-12-4-3-5-13(7-12)24-2/h3-7H,8-10H2,1-2H3,(H,18,21)(H,19,20,22). The molecular weight excluding hydrogens is 374 g/mol. The number of aryl methyl sites for hydroxylation is 1. The number of rotatable bonds is 9. The minimum atomic E-state index is -0.592. The Morgan fingerprint density at radius 1 is 1.15 bits per heavy atom. The lowest BCUT2D eigenvalue weighted by molar-refractivity contribution is -0.144. The minimum absolute atomic E-state index is 0.0387. The maximum Gasteiger partial charge on any atom is 0.316 e. The molecule has 0 aliphatic rings. The molecule has 0 aliphatic carbocycles. The van der Waals surface area contributed by atoms with Crippen molar-refractivity contribution in [1.82, 2.24) is 5.16 Å². The Labute approximate surface area is 159 Å². The van der Waals surface area contributed by atoms with Crippen molar-refractivity contribution in [2.24, 2.45) is 0 Å². The maximum atomic E-state index is 11.8. The highest BCUT2D eigenvalue weighted by Gasteiger charge is 2.11. The Balaban J connectivity index is 1.62. The molecule has 1 aromatic carbocycles. The predicted molar refractivity (Wildman–Crippen MR) is 99.8 cm³/mol. The number of hydrogen-bond donors (Lipinski definition) is 2. The zero-order chi connectivity index (χ0) is 19.6. The molecule has 0 atom stereocenters. The predicted octanol–water partition coefficient (Wildman–Crippen LogP) is 1.85. The summed E-state index contributed by atoms with van der Waals surface area (Å²) in [5.74, 6) is 0.0849.